The molecule has 4 rings (SSSR count). The summed E-state index contributed by atoms with van der Waals surface area (Å²) < 4.78 is 108. The molecule has 2 heterocycles. The molecule has 1 unspecified atom stereocenters. The lowest BCUT2D eigenvalue weighted by Crippen LogP contribution is -2.34. The minimum atomic E-state index is -3.61. The number of amidine groups is 1. The molecule has 1 aromatic heterocycles. The second-order valence-corrected chi connectivity index (χ2v) is 14.3. The molecular formula is C41H49F4N6O12S-. The number of carbonyl (C=O) groups is 3. The molecule has 0 radical (unpaired) electrons. The third-order valence-corrected chi connectivity index (χ3v) is 9.36. The van der Waals surface area contributed by atoms with Gasteiger partial charge in [0.1, 0.15) is 16.6 Å². The third-order valence-electron chi connectivity index (χ3n) is 8.67. The fourth-order valence-corrected chi connectivity index (χ4v) is 6.08. The Morgan fingerprint density at radius 1 is 0.812 bits per heavy atom. The quantitative estimate of drug-likeness (QED) is 0.0199. The molecule has 2 amide bonds. The van der Waals surface area contributed by atoms with Gasteiger partial charge in [-0.15, -0.1) is 0 Å². The second kappa shape index (κ2) is 27.1. The van der Waals surface area contributed by atoms with Gasteiger partial charge in [-0.1, -0.05) is 19.1 Å². The molecule has 2 aromatic carbocycles. The number of nitrogens with zero attached hydrogens (tertiary/aromatic N) is 4. The fraction of sp³-hybridized carbons (Fsp3) is 0.463. The number of amides is 2. The molecule has 0 aliphatic carbocycles. The standard InChI is InChI=1S/C41H50F4N6O12S/c1-3-9-51(62-4-2)41(54)28-20-27-6-5-26(21-30(27)50-31(46)22-28)29-23-47-32(48-24-29)25-49-33(52)7-10-57-12-14-59-16-18-61-19-17-60-15-13-58-11-8-34(53)63-39-35(42)37(44)40(64(55)56)38(45)36(39)43/h5-6,20-21,23-24H,3-4,7-19,22,25H2,1-2H3,(H2,46,50)(H,49,52)(H,55,56)/p-1. The Hall–Kier alpha value is -5.27. The number of hydrogen-bond donors (Lipinski definition) is 2. The molecule has 0 spiro atoms. The average molecular weight is 926 g/mol. The molecular weight excluding hydrogens is 877 g/mol. The zero-order valence-electron chi connectivity index (χ0n) is 35.2. The van der Waals surface area contributed by atoms with Gasteiger partial charge in [0.2, 0.25) is 23.3 Å². The first-order chi connectivity index (χ1) is 30.8. The lowest BCUT2D eigenvalue weighted by Gasteiger charge is -2.21. The molecule has 64 heavy (non-hydrogen) atoms. The number of nitrogens with two attached hydrogens (primary N) is 1. The zero-order valence-corrected chi connectivity index (χ0v) is 36.0. The first kappa shape index (κ1) is 51.4. The Bertz CT molecular complexity index is 2100. The molecule has 1 aliphatic rings. The van der Waals surface area contributed by atoms with E-state index in [1.165, 1.54) is 5.06 Å². The highest BCUT2D eigenvalue weighted by Crippen LogP contribution is 2.33. The Labute approximate surface area is 368 Å². The van der Waals surface area contributed by atoms with Crippen LogP contribution < -0.4 is 15.8 Å². The molecule has 0 saturated carbocycles. The number of benzene rings is 2. The first-order valence-electron chi connectivity index (χ1n) is 20.1. The highest BCUT2D eigenvalue weighted by Gasteiger charge is 2.29. The van der Waals surface area contributed by atoms with Crippen LogP contribution in [0.25, 0.3) is 17.2 Å². The Morgan fingerprint density at radius 3 is 1.92 bits per heavy atom. The van der Waals surface area contributed by atoms with Crippen molar-refractivity contribution in [3.05, 3.63) is 70.8 Å². The molecule has 3 aromatic rings. The van der Waals surface area contributed by atoms with Crippen molar-refractivity contribution >= 4 is 46.5 Å². The smallest absolute Gasteiger partial charge is 0.313 e. The fourth-order valence-electron chi connectivity index (χ4n) is 5.61. The van der Waals surface area contributed by atoms with E-state index in [0.717, 1.165) is 23.1 Å². The van der Waals surface area contributed by atoms with E-state index in [1.54, 1.807) is 18.5 Å². The molecule has 3 N–H and O–H groups in total. The van der Waals surface area contributed by atoms with E-state index in [-0.39, 0.29) is 90.7 Å². The summed E-state index contributed by atoms with van der Waals surface area (Å²) in [6.07, 6.45) is 5.60. The molecule has 0 bridgehead atoms. The van der Waals surface area contributed by atoms with Crippen LogP contribution in [0.2, 0.25) is 0 Å². The van der Waals surface area contributed by atoms with Gasteiger partial charge in [-0.2, -0.15) is 8.78 Å². The summed E-state index contributed by atoms with van der Waals surface area (Å²) in [5.41, 5.74) is 9.56. The predicted octanol–water partition coefficient (Wildman–Crippen LogP) is 3.99. The van der Waals surface area contributed by atoms with Gasteiger partial charge >= 0.3 is 5.97 Å². The molecule has 1 atom stereocenters. The first-order valence-corrected chi connectivity index (χ1v) is 21.2. The van der Waals surface area contributed by atoms with Gasteiger partial charge in [0.15, 0.2) is 11.6 Å². The van der Waals surface area contributed by atoms with Crippen molar-refractivity contribution in [1.29, 1.82) is 0 Å². The van der Waals surface area contributed by atoms with E-state index >= 15 is 0 Å². The molecule has 0 saturated heterocycles. The van der Waals surface area contributed by atoms with Crippen LogP contribution in [0.5, 0.6) is 5.75 Å². The summed E-state index contributed by atoms with van der Waals surface area (Å²) in [4.78, 5) is 54.3. The van der Waals surface area contributed by atoms with Crippen molar-refractivity contribution in [2.45, 2.75) is 51.0 Å². The monoisotopic (exact) mass is 925 g/mol. The average Bonchev–Trinajstić information content (AvgIpc) is 3.44. The van der Waals surface area contributed by atoms with Crippen LogP contribution in [0.1, 0.15) is 50.9 Å². The highest BCUT2D eigenvalue weighted by molar-refractivity contribution is 7.79. The van der Waals surface area contributed by atoms with Crippen molar-refractivity contribution < 1.29 is 74.0 Å². The summed E-state index contributed by atoms with van der Waals surface area (Å²) in [6.45, 7) is 6.39. The number of hydroxylamine groups is 2. The van der Waals surface area contributed by atoms with E-state index in [9.17, 15) is 40.7 Å². The Kier molecular flexibility index (Phi) is 21.8. The van der Waals surface area contributed by atoms with Crippen molar-refractivity contribution in [3.63, 3.8) is 0 Å². The number of esters is 1. The summed E-state index contributed by atoms with van der Waals surface area (Å²) in [6, 6.07) is 5.60. The Balaban J connectivity index is 0.994. The lowest BCUT2D eigenvalue weighted by molar-refractivity contribution is -0.180. The molecule has 0 fully saturated rings. The molecule has 18 nitrogen and oxygen atoms in total. The van der Waals surface area contributed by atoms with Crippen LogP contribution in [0.4, 0.5) is 23.2 Å². The van der Waals surface area contributed by atoms with E-state index in [2.05, 4.69) is 25.0 Å². The molecule has 23 heteroatoms. The van der Waals surface area contributed by atoms with Gasteiger partial charge in [-0.05, 0) is 42.1 Å². The van der Waals surface area contributed by atoms with Gasteiger partial charge in [0.25, 0.3) is 5.91 Å². The number of aromatic nitrogens is 2. The van der Waals surface area contributed by atoms with Gasteiger partial charge < -0.3 is 44.0 Å². The number of rotatable bonds is 28. The highest BCUT2D eigenvalue weighted by atomic mass is 32.2. The largest absolute Gasteiger partial charge is 0.768 e. The zero-order chi connectivity index (χ0) is 46.4. The minimum Gasteiger partial charge on any atom is -0.768 e. The van der Waals surface area contributed by atoms with Gasteiger partial charge in [-0.25, -0.2) is 28.8 Å². The second-order valence-electron chi connectivity index (χ2n) is 13.4. The number of carbonyl (C=O) groups excluding carboxylic acids is 3. The van der Waals surface area contributed by atoms with Crippen LogP contribution in [-0.2, 0) is 60.5 Å². The SMILES string of the molecule is CCCN(OCC)C(=O)C1=Cc2ccc(-c3cnc(CNC(=O)CCOCCOCCOCCOCCOCCC(=O)Oc4c(F)c(F)c(S(=O)[O-])c(F)c4F)nc3)cc2N=C(N)C1. The van der Waals surface area contributed by atoms with Crippen molar-refractivity contribution in [3.8, 4) is 16.9 Å². The summed E-state index contributed by atoms with van der Waals surface area (Å²) in [5, 5.41) is 4.12. The Morgan fingerprint density at radius 2 is 1.38 bits per heavy atom. The predicted molar refractivity (Wildman–Crippen MR) is 219 cm³/mol. The molecule has 1 aliphatic heterocycles. The van der Waals surface area contributed by atoms with Crippen LogP contribution in [-0.4, -0.2) is 127 Å². The maximum absolute atomic E-state index is 13.9. The topological polar surface area (TPSA) is 235 Å². The maximum Gasteiger partial charge on any atom is 0.313 e. The van der Waals surface area contributed by atoms with Crippen LogP contribution in [0.15, 0.2) is 46.1 Å². The van der Waals surface area contributed by atoms with Gasteiger partial charge in [-0.3, -0.25) is 23.4 Å². The maximum atomic E-state index is 13.9. The van der Waals surface area contributed by atoms with Crippen molar-refractivity contribution in [2.24, 2.45) is 10.7 Å². The number of aliphatic imine (C=N–C) groups is 1. The number of nitrogens with one attached hydrogen (secondary N) is 1. The van der Waals surface area contributed by atoms with Crippen LogP contribution >= 0.6 is 0 Å². The van der Waals surface area contributed by atoms with Gasteiger partial charge in [0, 0.05) is 48.5 Å². The summed E-state index contributed by atoms with van der Waals surface area (Å²) in [5.74, 6) is -11.5. The number of ether oxygens (including phenoxy) is 6. The normalized spacial score (nSPS) is 12.8. The third kappa shape index (κ3) is 16.1. The van der Waals surface area contributed by atoms with E-state index in [0.29, 0.717) is 42.7 Å². The van der Waals surface area contributed by atoms with Crippen molar-refractivity contribution in [1.82, 2.24) is 20.3 Å². The minimum absolute atomic E-state index is 0.0306. The molecule has 350 valence electrons. The van der Waals surface area contributed by atoms with Crippen LogP contribution in [0, 0.1) is 23.3 Å². The van der Waals surface area contributed by atoms with E-state index < -0.39 is 57.4 Å². The summed E-state index contributed by atoms with van der Waals surface area (Å²) >= 11 is -3.61. The van der Waals surface area contributed by atoms with Crippen molar-refractivity contribution in [2.75, 3.05) is 79.2 Å². The van der Waals surface area contributed by atoms with Gasteiger partial charge in [0.05, 0.1) is 91.3 Å². The lowest BCUT2D eigenvalue weighted by atomic mass is 10.0. The van der Waals surface area contributed by atoms with Crippen LogP contribution in [0.3, 0.4) is 0 Å². The summed E-state index contributed by atoms with van der Waals surface area (Å²) in [7, 11) is 0. The number of halogens is 4. The number of hydrogen-bond acceptors (Lipinski definition) is 16. The van der Waals surface area contributed by atoms with E-state index in [1.807, 2.05) is 32.0 Å². The van der Waals surface area contributed by atoms with E-state index in [4.69, 9.17) is 34.3 Å². The number of fused-ring (bicyclic) bond motifs is 1.